The normalized spacial score (nSPS) is 10.2. The minimum absolute atomic E-state index is 0.0211. The van der Waals surface area contributed by atoms with Crippen LogP contribution < -0.4 is 4.74 Å². The van der Waals surface area contributed by atoms with Gasteiger partial charge in [-0.3, -0.25) is 10.1 Å². The zero-order valence-corrected chi connectivity index (χ0v) is 10.7. The van der Waals surface area contributed by atoms with Crippen molar-refractivity contribution in [3.05, 3.63) is 57.5 Å². The summed E-state index contributed by atoms with van der Waals surface area (Å²) in [6.45, 7) is 1.42. The Kier molecular flexibility index (Phi) is 3.79. The third-order valence-corrected chi connectivity index (χ3v) is 2.62. The summed E-state index contributed by atoms with van der Waals surface area (Å²) >= 11 is 0. The van der Waals surface area contributed by atoms with E-state index < -0.39 is 16.7 Å². The number of carboxylic acid groups (broad SMARTS) is 1. The molecule has 0 aliphatic rings. The van der Waals surface area contributed by atoms with Gasteiger partial charge in [0.2, 0.25) is 5.88 Å². The lowest BCUT2D eigenvalue weighted by molar-refractivity contribution is -0.385. The van der Waals surface area contributed by atoms with Crippen LogP contribution in [0.5, 0.6) is 11.6 Å². The molecule has 7 nitrogen and oxygen atoms in total. The Morgan fingerprint density at radius 1 is 1.38 bits per heavy atom. The number of aryl methyl sites for hydroxylation is 1. The van der Waals surface area contributed by atoms with E-state index in [4.69, 9.17) is 9.84 Å². The summed E-state index contributed by atoms with van der Waals surface area (Å²) in [5, 5.41) is 19.7. The van der Waals surface area contributed by atoms with Crippen LogP contribution in [0.2, 0.25) is 0 Å². The number of carboxylic acids is 1. The molecule has 0 aliphatic carbocycles. The number of aromatic carboxylic acids is 1. The van der Waals surface area contributed by atoms with Crippen LogP contribution >= 0.6 is 0 Å². The molecule has 108 valence electrons. The van der Waals surface area contributed by atoms with Gasteiger partial charge < -0.3 is 9.84 Å². The summed E-state index contributed by atoms with van der Waals surface area (Å²) in [7, 11) is 0. The molecule has 2 aromatic rings. The first-order chi connectivity index (χ1) is 9.88. The Morgan fingerprint density at radius 3 is 2.67 bits per heavy atom. The predicted molar refractivity (Wildman–Crippen MR) is 69.1 cm³/mol. The van der Waals surface area contributed by atoms with E-state index in [1.54, 1.807) is 0 Å². The molecule has 2 rings (SSSR count). The van der Waals surface area contributed by atoms with E-state index in [9.17, 15) is 19.3 Å². The molecule has 0 saturated heterocycles. The topological polar surface area (TPSA) is 103 Å². The second-order valence-electron chi connectivity index (χ2n) is 4.06. The molecule has 21 heavy (non-hydrogen) atoms. The van der Waals surface area contributed by atoms with Crippen molar-refractivity contribution in [1.29, 1.82) is 0 Å². The molecule has 0 amide bonds. The van der Waals surface area contributed by atoms with Crippen molar-refractivity contribution in [1.82, 2.24) is 4.98 Å². The molecule has 0 fully saturated rings. The standard InChI is InChI=1S/C13H9FN2O5/c1-7-10(16(19)20)3-5-12(15-7)21-11-4-2-8(14)6-9(11)13(17)18/h2-6H,1H3,(H,17,18). The highest BCUT2D eigenvalue weighted by Gasteiger charge is 2.16. The predicted octanol–water partition coefficient (Wildman–Crippen LogP) is 2.93. The number of nitrogens with zero attached hydrogens (tertiary/aromatic N) is 2. The van der Waals surface area contributed by atoms with Gasteiger partial charge in [0.1, 0.15) is 22.8 Å². The average Bonchev–Trinajstić information content (AvgIpc) is 2.40. The Balaban J connectivity index is 2.37. The van der Waals surface area contributed by atoms with Gasteiger partial charge in [0, 0.05) is 12.1 Å². The van der Waals surface area contributed by atoms with Crippen LogP contribution in [-0.2, 0) is 0 Å². The van der Waals surface area contributed by atoms with E-state index in [-0.39, 0.29) is 28.6 Å². The van der Waals surface area contributed by atoms with E-state index in [1.807, 2.05) is 0 Å². The second-order valence-corrected chi connectivity index (χ2v) is 4.06. The van der Waals surface area contributed by atoms with Gasteiger partial charge >= 0.3 is 5.97 Å². The first kappa shape index (κ1) is 14.4. The molecule has 0 radical (unpaired) electrons. The van der Waals surface area contributed by atoms with Gasteiger partial charge in [-0.15, -0.1) is 0 Å². The molecule has 0 saturated carbocycles. The van der Waals surface area contributed by atoms with Crippen molar-refractivity contribution in [3.8, 4) is 11.6 Å². The summed E-state index contributed by atoms with van der Waals surface area (Å²) in [5.74, 6) is -2.20. The third-order valence-electron chi connectivity index (χ3n) is 2.62. The van der Waals surface area contributed by atoms with E-state index in [1.165, 1.54) is 19.1 Å². The van der Waals surface area contributed by atoms with Crippen molar-refractivity contribution in [3.63, 3.8) is 0 Å². The van der Waals surface area contributed by atoms with E-state index in [0.29, 0.717) is 0 Å². The van der Waals surface area contributed by atoms with Gasteiger partial charge in [-0.05, 0) is 25.1 Å². The molecule has 0 aliphatic heterocycles. The van der Waals surface area contributed by atoms with Crippen LogP contribution in [0.4, 0.5) is 10.1 Å². The van der Waals surface area contributed by atoms with Gasteiger partial charge in [0.25, 0.3) is 5.69 Å². The molecule has 0 bridgehead atoms. The van der Waals surface area contributed by atoms with Crippen LogP contribution in [0.15, 0.2) is 30.3 Å². The van der Waals surface area contributed by atoms with Gasteiger partial charge in [-0.1, -0.05) is 0 Å². The van der Waals surface area contributed by atoms with E-state index in [2.05, 4.69) is 4.98 Å². The summed E-state index contributed by atoms with van der Waals surface area (Å²) in [4.78, 5) is 25.0. The zero-order valence-electron chi connectivity index (χ0n) is 10.7. The molecule has 1 aromatic heterocycles. The number of hydrogen-bond acceptors (Lipinski definition) is 5. The van der Waals surface area contributed by atoms with Crippen molar-refractivity contribution < 1.29 is 24.0 Å². The maximum Gasteiger partial charge on any atom is 0.339 e. The first-order valence-corrected chi connectivity index (χ1v) is 5.71. The minimum Gasteiger partial charge on any atom is -0.478 e. The molecular weight excluding hydrogens is 283 g/mol. The summed E-state index contributed by atoms with van der Waals surface area (Å²) < 4.78 is 18.3. The monoisotopic (exact) mass is 292 g/mol. The Hall–Kier alpha value is -3.03. The van der Waals surface area contributed by atoms with Crippen molar-refractivity contribution in [2.75, 3.05) is 0 Å². The lowest BCUT2D eigenvalue weighted by Crippen LogP contribution is -2.02. The Labute approximate surface area is 117 Å². The molecule has 1 heterocycles. The fourth-order valence-electron chi connectivity index (χ4n) is 1.65. The minimum atomic E-state index is -1.36. The van der Waals surface area contributed by atoms with Crippen molar-refractivity contribution >= 4 is 11.7 Å². The third kappa shape index (κ3) is 3.11. The van der Waals surface area contributed by atoms with Crippen molar-refractivity contribution in [2.45, 2.75) is 6.92 Å². The number of aromatic nitrogens is 1. The number of halogens is 1. The number of nitro groups is 1. The molecule has 1 aromatic carbocycles. The average molecular weight is 292 g/mol. The molecule has 8 heteroatoms. The number of hydrogen-bond donors (Lipinski definition) is 1. The molecular formula is C13H9FN2O5. The quantitative estimate of drug-likeness (QED) is 0.686. The molecule has 0 unspecified atom stereocenters. The summed E-state index contributed by atoms with van der Waals surface area (Å²) in [5.41, 5.74) is -0.427. The molecule has 1 N–H and O–H groups in total. The number of ether oxygens (including phenoxy) is 1. The lowest BCUT2D eigenvalue weighted by atomic mass is 10.2. The van der Waals surface area contributed by atoms with E-state index in [0.717, 1.165) is 18.2 Å². The van der Waals surface area contributed by atoms with Gasteiger partial charge in [-0.25, -0.2) is 14.2 Å². The molecule has 0 spiro atoms. The van der Waals surface area contributed by atoms with Crippen LogP contribution in [0.25, 0.3) is 0 Å². The van der Waals surface area contributed by atoms with Crippen LogP contribution in [0, 0.1) is 22.9 Å². The maximum atomic E-state index is 13.0. The molecule has 0 atom stereocenters. The van der Waals surface area contributed by atoms with Crippen molar-refractivity contribution in [2.24, 2.45) is 0 Å². The highest BCUT2D eigenvalue weighted by molar-refractivity contribution is 5.90. The SMILES string of the molecule is Cc1nc(Oc2ccc(F)cc2C(=O)O)ccc1[N+](=O)[O-]. The lowest BCUT2D eigenvalue weighted by Gasteiger charge is -2.08. The Bertz CT molecular complexity index is 732. The van der Waals surface area contributed by atoms with Crippen LogP contribution in [0.3, 0.4) is 0 Å². The highest BCUT2D eigenvalue weighted by atomic mass is 19.1. The van der Waals surface area contributed by atoms with Gasteiger partial charge in [-0.2, -0.15) is 0 Å². The highest BCUT2D eigenvalue weighted by Crippen LogP contribution is 2.27. The summed E-state index contributed by atoms with van der Waals surface area (Å²) in [6.07, 6.45) is 0. The van der Waals surface area contributed by atoms with Crippen LogP contribution in [-0.4, -0.2) is 21.0 Å². The largest absolute Gasteiger partial charge is 0.478 e. The van der Waals surface area contributed by atoms with Crippen LogP contribution in [0.1, 0.15) is 16.1 Å². The van der Waals surface area contributed by atoms with Gasteiger partial charge in [0.15, 0.2) is 0 Å². The van der Waals surface area contributed by atoms with E-state index >= 15 is 0 Å². The first-order valence-electron chi connectivity index (χ1n) is 5.71. The fraction of sp³-hybridized carbons (Fsp3) is 0.0769. The smallest absolute Gasteiger partial charge is 0.339 e. The number of benzene rings is 1. The zero-order chi connectivity index (χ0) is 15.6. The van der Waals surface area contributed by atoms with Gasteiger partial charge in [0.05, 0.1) is 4.92 Å². The second kappa shape index (κ2) is 5.53. The fourth-order valence-corrected chi connectivity index (χ4v) is 1.65. The maximum absolute atomic E-state index is 13.0. The summed E-state index contributed by atoms with van der Waals surface area (Å²) in [6, 6.07) is 5.44. The number of carbonyl (C=O) groups is 1. The Morgan fingerprint density at radius 2 is 2.10 bits per heavy atom. The number of pyridine rings is 1. The number of rotatable bonds is 4.